The molecule has 1 saturated heterocycles. The smallest absolute Gasteiger partial charge is 0.163 e. The first-order valence-corrected chi connectivity index (χ1v) is 13.0. The molecule has 0 spiro atoms. The summed E-state index contributed by atoms with van der Waals surface area (Å²) in [6, 6.07) is -1.89. The van der Waals surface area contributed by atoms with Crippen molar-refractivity contribution in [2.75, 3.05) is 0 Å². The number of rotatable bonds is 0. The van der Waals surface area contributed by atoms with Crippen LogP contribution in [-0.4, -0.2) is 83.9 Å². The Morgan fingerprint density at radius 2 is 0.861 bits per heavy atom. The third-order valence-electron chi connectivity index (χ3n) is 8.57. The molecule has 196 valence electrons. The highest BCUT2D eigenvalue weighted by Crippen LogP contribution is 2.26. The summed E-state index contributed by atoms with van der Waals surface area (Å²) >= 11 is 0. The minimum atomic E-state index is -0.246. The molecule has 0 amide bonds. The molecule has 12 unspecified atom stereocenters. The summed E-state index contributed by atoms with van der Waals surface area (Å²) in [5.41, 5.74) is 40.9. The molecule has 2 saturated carbocycles. The van der Waals surface area contributed by atoms with Crippen molar-refractivity contribution in [2.45, 2.75) is 98.2 Å². The van der Waals surface area contributed by atoms with Gasteiger partial charge in [-0.1, -0.05) is 0 Å². The second-order valence-corrected chi connectivity index (χ2v) is 11.1. The van der Waals surface area contributed by atoms with Gasteiger partial charge in [0, 0.05) is 23.5 Å². The van der Waals surface area contributed by atoms with E-state index in [1.54, 1.807) is 12.2 Å². The Hall–Kier alpha value is -2.16. The Labute approximate surface area is 212 Å². The molecule has 12 heteroatoms. The van der Waals surface area contributed by atoms with Gasteiger partial charge in [0.1, 0.15) is 12.8 Å². The highest BCUT2D eigenvalue weighted by Gasteiger charge is 2.47. The fourth-order valence-electron chi connectivity index (χ4n) is 6.38. The van der Waals surface area contributed by atoms with Crippen LogP contribution in [0.3, 0.4) is 0 Å². The normalized spacial score (nSPS) is 47.7. The molecule has 5 aliphatic rings. The molecule has 0 radical (unpaired) electrons. The van der Waals surface area contributed by atoms with Crippen molar-refractivity contribution >= 4 is 11.4 Å². The number of nitrogens with one attached hydrogen (secondary N) is 6. The number of nitrogens with two attached hydrogens (primary N) is 6. The average Bonchev–Trinajstić information content (AvgIpc) is 2.79. The van der Waals surface area contributed by atoms with Crippen LogP contribution in [0.5, 0.6) is 0 Å². The van der Waals surface area contributed by atoms with Crippen molar-refractivity contribution < 1.29 is 0 Å². The van der Waals surface area contributed by atoms with Crippen LogP contribution < -0.4 is 55.7 Å². The van der Waals surface area contributed by atoms with Crippen LogP contribution in [0, 0.1) is 23.7 Å². The van der Waals surface area contributed by atoms with E-state index in [2.05, 4.69) is 21.3 Å². The summed E-state index contributed by atoms with van der Waals surface area (Å²) in [6.45, 7) is 0. The quantitative estimate of drug-likeness (QED) is 0.146. The van der Waals surface area contributed by atoms with Crippen molar-refractivity contribution in [1.82, 2.24) is 21.3 Å². The van der Waals surface area contributed by atoms with Crippen molar-refractivity contribution in [2.24, 2.45) is 34.4 Å². The summed E-state index contributed by atoms with van der Waals surface area (Å²) in [6.07, 6.45) is 10.0. The Morgan fingerprint density at radius 3 is 1.19 bits per heavy atom. The molecule has 36 heavy (non-hydrogen) atoms. The summed E-state index contributed by atoms with van der Waals surface area (Å²) in [5, 5.41) is 31.7. The van der Waals surface area contributed by atoms with E-state index in [1.807, 2.05) is 12.8 Å². The molecule has 4 aliphatic carbocycles. The summed E-state index contributed by atoms with van der Waals surface area (Å²) in [4.78, 5) is 0. The second-order valence-electron chi connectivity index (χ2n) is 11.1. The topological polar surface area (TPSA) is 252 Å². The first-order valence-electron chi connectivity index (χ1n) is 13.0. The van der Waals surface area contributed by atoms with E-state index in [0.717, 1.165) is 0 Å². The van der Waals surface area contributed by atoms with Gasteiger partial charge in [-0.05, 0) is 37.8 Å². The molecule has 12 atom stereocenters. The van der Waals surface area contributed by atoms with Crippen LogP contribution in [-0.2, 0) is 0 Å². The Morgan fingerprint density at radius 1 is 0.556 bits per heavy atom. The third kappa shape index (κ3) is 5.00. The highest BCUT2D eigenvalue weighted by atomic mass is 15.1. The maximum Gasteiger partial charge on any atom is 0.163 e. The number of hydrogen-bond acceptors (Lipinski definition) is 12. The van der Waals surface area contributed by atoms with Crippen molar-refractivity contribution in [3.63, 3.8) is 0 Å². The fraction of sp³-hybridized carbons (Fsp3) is 0.667. The summed E-state index contributed by atoms with van der Waals surface area (Å²) in [7, 11) is 0. The van der Waals surface area contributed by atoms with Crippen LogP contribution in [0.25, 0.3) is 0 Å². The predicted molar refractivity (Wildman–Crippen MR) is 142 cm³/mol. The lowest BCUT2D eigenvalue weighted by molar-refractivity contribution is 0.237. The molecular weight excluding hydrogens is 456 g/mol. The van der Waals surface area contributed by atoms with Gasteiger partial charge in [-0.25, -0.2) is 0 Å². The Balaban J connectivity index is 1.46. The second kappa shape index (κ2) is 9.95. The molecule has 0 aromatic rings. The summed E-state index contributed by atoms with van der Waals surface area (Å²) < 4.78 is 0. The third-order valence-corrected chi connectivity index (χ3v) is 8.57. The van der Waals surface area contributed by atoms with Gasteiger partial charge in [-0.2, -0.15) is 0 Å². The predicted octanol–water partition coefficient (Wildman–Crippen LogP) is -3.64. The number of fused-ring (bicyclic) bond motifs is 8. The molecule has 8 bridgehead atoms. The molecule has 18 N–H and O–H groups in total. The molecule has 1 heterocycles. The van der Waals surface area contributed by atoms with Gasteiger partial charge in [0.05, 0.1) is 47.7 Å². The highest BCUT2D eigenvalue weighted by molar-refractivity contribution is 5.99. The molecule has 12 nitrogen and oxygen atoms in total. The van der Waals surface area contributed by atoms with Crippen molar-refractivity contribution in [3.05, 3.63) is 36.4 Å². The van der Waals surface area contributed by atoms with Gasteiger partial charge in [-0.15, -0.1) is 0 Å². The molecule has 1 aliphatic heterocycles. The van der Waals surface area contributed by atoms with E-state index < -0.39 is 0 Å². The zero-order chi connectivity index (χ0) is 25.7. The molecule has 0 aromatic carbocycles. The molecular formula is C24H42N12+2. The maximum atomic E-state index is 8.58. The zero-order valence-corrected chi connectivity index (χ0v) is 20.5. The first kappa shape index (κ1) is 25.5. The van der Waals surface area contributed by atoms with Gasteiger partial charge in [-0.3, -0.25) is 22.9 Å². The van der Waals surface area contributed by atoms with Gasteiger partial charge >= 0.3 is 0 Å². The van der Waals surface area contributed by atoms with E-state index in [9.17, 15) is 0 Å². The summed E-state index contributed by atoms with van der Waals surface area (Å²) in [5.74, 6) is 0. The van der Waals surface area contributed by atoms with Crippen LogP contribution in [0.4, 0.5) is 0 Å². The Bertz CT molecular complexity index is 858. The Kier molecular flexibility index (Phi) is 7.05. The molecule has 5 rings (SSSR count). The lowest BCUT2D eigenvalue weighted by Gasteiger charge is -2.42. The van der Waals surface area contributed by atoms with E-state index in [-0.39, 0.29) is 72.5 Å². The fourth-order valence-corrected chi connectivity index (χ4v) is 6.38. The van der Waals surface area contributed by atoms with E-state index in [4.69, 9.17) is 45.2 Å². The minimum Gasteiger partial charge on any atom is -0.401 e. The van der Waals surface area contributed by atoms with Gasteiger partial charge in [0.25, 0.3) is 0 Å². The van der Waals surface area contributed by atoms with Crippen molar-refractivity contribution in [3.8, 4) is 0 Å². The number of hydrogen-bond donors (Lipinski definition) is 12. The minimum absolute atomic E-state index is 0.0555. The lowest BCUT2D eigenvalue weighted by Crippen LogP contribution is -2.68. The molecule has 3 fully saturated rings. The molecule has 0 aromatic heterocycles. The van der Waals surface area contributed by atoms with Gasteiger partial charge in [0.15, 0.2) is 24.2 Å². The maximum absolute atomic E-state index is 8.58. The lowest BCUT2D eigenvalue weighted by atomic mass is 9.79. The monoisotopic (exact) mass is 498 g/mol. The average molecular weight is 499 g/mol. The zero-order valence-electron chi connectivity index (χ0n) is 20.5. The SMILES string of the molecule is N=C1C=C(N)C2CC1NC1CC(NC3CC(NC4CC(N2)C(N)[CH+]C4N)C(=N)C=C3N)C(N)[CH+]C1N. The van der Waals surface area contributed by atoms with Gasteiger partial charge < -0.3 is 43.6 Å². The van der Waals surface area contributed by atoms with E-state index in [1.165, 1.54) is 0 Å². The van der Waals surface area contributed by atoms with Gasteiger partial charge in [0.2, 0.25) is 0 Å². The van der Waals surface area contributed by atoms with E-state index >= 15 is 0 Å². The van der Waals surface area contributed by atoms with Crippen LogP contribution in [0.1, 0.15) is 25.7 Å². The van der Waals surface area contributed by atoms with Crippen LogP contribution in [0.15, 0.2) is 23.5 Å². The largest absolute Gasteiger partial charge is 0.401 e. The van der Waals surface area contributed by atoms with Crippen LogP contribution in [0.2, 0.25) is 0 Å². The van der Waals surface area contributed by atoms with Crippen LogP contribution >= 0.6 is 0 Å². The van der Waals surface area contributed by atoms with Crippen molar-refractivity contribution in [1.29, 1.82) is 10.8 Å². The first-order chi connectivity index (χ1) is 17.1. The van der Waals surface area contributed by atoms with E-state index in [0.29, 0.717) is 48.5 Å². The standard InChI is InChI=1S/C24H42N12/c25-9-1-10(26)18-5-17(9)33-19-6-21(13(29)2-11(19)27)35-23-8-24(16(32)4-15(23)31)36-22-7-20(34-18)12(28)3-14(22)30/h1-4,9-10,15-24,27,30,33-36H,5-8,25-26,28-29,31-32H2/q+2.